The molecule has 2 amide bonds. The number of carbonyl (C=O) groups is 2. The van der Waals surface area contributed by atoms with Gasteiger partial charge in [-0.15, -0.1) is 0 Å². The fourth-order valence-corrected chi connectivity index (χ4v) is 6.43. The van der Waals surface area contributed by atoms with Gasteiger partial charge in [-0.2, -0.15) is 0 Å². The van der Waals surface area contributed by atoms with Gasteiger partial charge in [0.15, 0.2) is 0 Å². The van der Waals surface area contributed by atoms with Crippen LogP contribution in [0.5, 0.6) is 5.75 Å². The fraction of sp³-hybridized carbons (Fsp3) is 0.412. The topological polar surface area (TPSA) is 96.0 Å². The molecule has 0 radical (unpaired) electrons. The summed E-state index contributed by atoms with van der Waals surface area (Å²) in [4.78, 5) is 29.9. The van der Waals surface area contributed by atoms with Crippen molar-refractivity contribution in [2.45, 2.75) is 70.5 Å². The van der Waals surface area contributed by atoms with Gasteiger partial charge in [0, 0.05) is 19.0 Å². The number of nitrogens with zero attached hydrogens (tertiary/aromatic N) is 2. The third kappa shape index (κ3) is 9.07. The Morgan fingerprint density at radius 2 is 1.58 bits per heavy atom. The van der Waals surface area contributed by atoms with E-state index in [1.54, 1.807) is 19.2 Å². The average molecular weight is 606 g/mol. The van der Waals surface area contributed by atoms with Gasteiger partial charge < -0.3 is 15.0 Å². The number of nitrogens with one attached hydrogen (secondary N) is 1. The molecule has 3 aromatic rings. The van der Waals surface area contributed by atoms with Crippen molar-refractivity contribution in [3.05, 3.63) is 95.6 Å². The molecular formula is C34H43N3O5S. The summed E-state index contributed by atoms with van der Waals surface area (Å²) in [7, 11) is -2.24. The Kier molecular flexibility index (Phi) is 11.2. The highest BCUT2D eigenvalue weighted by molar-refractivity contribution is 7.92. The molecule has 0 heterocycles. The Hall–Kier alpha value is -3.85. The number of carbonyl (C=O) groups excluding carboxylic acids is 2. The van der Waals surface area contributed by atoms with Crippen molar-refractivity contribution in [1.82, 2.24) is 10.2 Å². The van der Waals surface area contributed by atoms with E-state index in [4.69, 9.17) is 4.74 Å². The van der Waals surface area contributed by atoms with Crippen molar-refractivity contribution in [3.63, 3.8) is 0 Å². The van der Waals surface area contributed by atoms with Crippen LogP contribution in [-0.2, 0) is 39.0 Å². The van der Waals surface area contributed by atoms with E-state index in [0.717, 1.165) is 65.8 Å². The Morgan fingerprint density at radius 1 is 0.907 bits per heavy atom. The van der Waals surface area contributed by atoms with Crippen molar-refractivity contribution in [2.75, 3.05) is 24.2 Å². The number of benzene rings is 3. The lowest BCUT2D eigenvalue weighted by atomic mass is 9.94. The molecule has 8 nitrogen and oxygen atoms in total. The largest absolute Gasteiger partial charge is 0.497 e. The molecule has 1 aliphatic carbocycles. The van der Waals surface area contributed by atoms with Crippen LogP contribution in [0.25, 0.3) is 0 Å². The molecule has 0 spiro atoms. The van der Waals surface area contributed by atoms with Crippen LogP contribution in [0.4, 0.5) is 5.69 Å². The minimum Gasteiger partial charge on any atom is -0.497 e. The predicted molar refractivity (Wildman–Crippen MR) is 171 cm³/mol. The van der Waals surface area contributed by atoms with Crippen LogP contribution in [0.3, 0.4) is 0 Å². The van der Waals surface area contributed by atoms with Crippen molar-refractivity contribution in [1.29, 1.82) is 0 Å². The number of sulfonamides is 1. The number of rotatable bonds is 13. The number of aryl methyl sites for hydroxylation is 1. The first-order valence-electron chi connectivity index (χ1n) is 15.0. The summed E-state index contributed by atoms with van der Waals surface area (Å²) in [5.74, 6) is -0.0670. The Labute approximate surface area is 256 Å². The SMILES string of the molecule is CCc1ccc(N(CC(=O)N(Cc2cccc(OC)c2)[C@H](Cc2ccccc2)C(=O)NC2CCCCC2)S(C)(=O)=O)cc1. The minimum atomic E-state index is -3.81. The molecule has 1 saturated carbocycles. The molecule has 0 bridgehead atoms. The van der Waals surface area contributed by atoms with Crippen molar-refractivity contribution < 1.29 is 22.7 Å². The number of methoxy groups -OCH3 is 1. The van der Waals surface area contributed by atoms with Crippen LogP contribution in [0.1, 0.15) is 55.7 Å². The molecule has 1 N–H and O–H groups in total. The lowest BCUT2D eigenvalue weighted by molar-refractivity contribution is -0.140. The molecular weight excluding hydrogens is 562 g/mol. The Balaban J connectivity index is 1.72. The molecule has 0 unspecified atom stereocenters. The van der Waals surface area contributed by atoms with E-state index in [1.807, 2.05) is 73.7 Å². The highest BCUT2D eigenvalue weighted by atomic mass is 32.2. The van der Waals surface area contributed by atoms with Crippen LogP contribution >= 0.6 is 0 Å². The summed E-state index contributed by atoms with van der Waals surface area (Å²) in [6.45, 7) is 1.70. The van der Waals surface area contributed by atoms with Crippen molar-refractivity contribution >= 4 is 27.5 Å². The number of hydrogen-bond acceptors (Lipinski definition) is 5. The molecule has 1 aliphatic rings. The Morgan fingerprint density at radius 3 is 2.21 bits per heavy atom. The van der Waals surface area contributed by atoms with Gasteiger partial charge in [0.2, 0.25) is 21.8 Å². The van der Waals surface area contributed by atoms with Crippen LogP contribution in [-0.4, -0.2) is 57.1 Å². The zero-order valence-electron chi connectivity index (χ0n) is 25.4. The minimum absolute atomic E-state index is 0.0536. The van der Waals surface area contributed by atoms with Crippen LogP contribution < -0.4 is 14.4 Å². The zero-order valence-corrected chi connectivity index (χ0v) is 26.2. The molecule has 0 aromatic heterocycles. The maximum Gasteiger partial charge on any atom is 0.244 e. The molecule has 1 fully saturated rings. The van der Waals surface area contributed by atoms with E-state index in [0.29, 0.717) is 17.9 Å². The van der Waals surface area contributed by atoms with Gasteiger partial charge in [-0.1, -0.05) is 80.8 Å². The average Bonchev–Trinajstić information content (AvgIpc) is 3.02. The van der Waals surface area contributed by atoms with E-state index >= 15 is 0 Å². The van der Waals surface area contributed by atoms with E-state index in [-0.39, 0.29) is 18.5 Å². The Bertz CT molecular complexity index is 1450. The second kappa shape index (κ2) is 15.0. The van der Waals surface area contributed by atoms with Crippen molar-refractivity contribution in [3.8, 4) is 5.75 Å². The first kappa shape index (κ1) is 32.1. The van der Waals surface area contributed by atoms with Crippen LogP contribution in [0, 0.1) is 0 Å². The van der Waals surface area contributed by atoms with E-state index in [2.05, 4.69) is 5.32 Å². The van der Waals surface area contributed by atoms with Gasteiger partial charge >= 0.3 is 0 Å². The standard InChI is InChI=1S/C34H43N3O5S/c1-4-26-18-20-30(21-19-26)37(43(3,40)41)25-33(38)36(24-28-14-11-17-31(22-28)42-2)32(23-27-12-7-5-8-13-27)34(39)35-29-15-9-6-10-16-29/h5,7-8,11-14,17-22,29,32H,4,6,9-10,15-16,23-25H2,1-3H3,(H,35,39)/t32-/m1/s1. The molecule has 9 heteroatoms. The molecule has 3 aromatic carbocycles. The lowest BCUT2D eigenvalue weighted by Gasteiger charge is -2.35. The van der Waals surface area contributed by atoms with Gasteiger partial charge in [-0.05, 0) is 60.2 Å². The smallest absolute Gasteiger partial charge is 0.244 e. The van der Waals surface area contributed by atoms with Gasteiger partial charge in [-0.3, -0.25) is 13.9 Å². The lowest BCUT2D eigenvalue weighted by Crippen LogP contribution is -2.55. The first-order chi connectivity index (χ1) is 20.7. The quantitative estimate of drug-likeness (QED) is 0.292. The summed E-state index contributed by atoms with van der Waals surface area (Å²) < 4.78 is 32.5. The van der Waals surface area contributed by atoms with E-state index in [9.17, 15) is 18.0 Å². The summed E-state index contributed by atoms with van der Waals surface area (Å²) >= 11 is 0. The van der Waals surface area contributed by atoms with Crippen LogP contribution in [0.2, 0.25) is 0 Å². The normalized spacial score (nSPS) is 14.5. The number of anilines is 1. The van der Waals surface area contributed by atoms with Crippen molar-refractivity contribution in [2.24, 2.45) is 0 Å². The highest BCUT2D eigenvalue weighted by Crippen LogP contribution is 2.23. The van der Waals surface area contributed by atoms with Gasteiger partial charge in [-0.25, -0.2) is 8.42 Å². The number of ether oxygens (including phenoxy) is 1. The molecule has 43 heavy (non-hydrogen) atoms. The van der Waals surface area contributed by atoms with E-state index in [1.165, 1.54) is 4.90 Å². The second-order valence-electron chi connectivity index (χ2n) is 11.2. The van der Waals surface area contributed by atoms with Gasteiger partial charge in [0.05, 0.1) is 19.1 Å². The van der Waals surface area contributed by atoms with Crippen LogP contribution in [0.15, 0.2) is 78.9 Å². The predicted octanol–water partition coefficient (Wildman–Crippen LogP) is 5.11. The van der Waals surface area contributed by atoms with Gasteiger partial charge in [0.1, 0.15) is 18.3 Å². The number of hydrogen-bond donors (Lipinski definition) is 1. The molecule has 0 saturated heterocycles. The fourth-order valence-electron chi connectivity index (χ4n) is 5.58. The summed E-state index contributed by atoms with van der Waals surface area (Å²) in [5, 5.41) is 3.22. The first-order valence-corrected chi connectivity index (χ1v) is 16.9. The maximum atomic E-state index is 14.3. The summed E-state index contributed by atoms with van der Waals surface area (Å²) in [6.07, 6.45) is 7.27. The molecule has 0 aliphatic heterocycles. The molecule has 1 atom stereocenters. The summed E-state index contributed by atoms with van der Waals surface area (Å²) in [6, 6.07) is 23.3. The highest BCUT2D eigenvalue weighted by Gasteiger charge is 2.34. The third-order valence-electron chi connectivity index (χ3n) is 8.02. The zero-order chi connectivity index (χ0) is 30.8. The van der Waals surface area contributed by atoms with E-state index < -0.39 is 28.5 Å². The third-order valence-corrected chi connectivity index (χ3v) is 9.16. The second-order valence-corrected chi connectivity index (χ2v) is 13.1. The number of amides is 2. The maximum absolute atomic E-state index is 14.3. The molecule has 4 rings (SSSR count). The molecule has 230 valence electrons. The monoisotopic (exact) mass is 605 g/mol. The summed E-state index contributed by atoms with van der Waals surface area (Å²) in [5.41, 5.74) is 3.14. The van der Waals surface area contributed by atoms with Gasteiger partial charge in [0.25, 0.3) is 0 Å².